The molecule has 0 spiro atoms. The summed E-state index contributed by atoms with van der Waals surface area (Å²) < 4.78 is 7.77. The number of anilines is 1. The lowest BCUT2D eigenvalue weighted by atomic mass is 9.98. The summed E-state index contributed by atoms with van der Waals surface area (Å²) in [5.74, 6) is 0.551. The van der Waals surface area contributed by atoms with Crippen LogP contribution in [0, 0.1) is 5.92 Å². The Bertz CT molecular complexity index is 688. The second-order valence-electron chi connectivity index (χ2n) is 5.54. The van der Waals surface area contributed by atoms with Crippen LogP contribution in [0.15, 0.2) is 41.3 Å². The van der Waals surface area contributed by atoms with Gasteiger partial charge in [0.25, 0.3) is 6.01 Å². The van der Waals surface area contributed by atoms with Crippen molar-refractivity contribution in [2.24, 2.45) is 5.92 Å². The SMILES string of the molecule is c1ccc2oc(N3CCC[C@@H](Cn4cncn4)C3)nc2c1. The van der Waals surface area contributed by atoms with Crippen LogP contribution in [0.5, 0.6) is 0 Å². The Morgan fingerprint density at radius 2 is 2.24 bits per heavy atom. The number of benzene rings is 1. The summed E-state index contributed by atoms with van der Waals surface area (Å²) in [6.07, 6.45) is 5.72. The maximum Gasteiger partial charge on any atom is 0.298 e. The molecule has 21 heavy (non-hydrogen) atoms. The fourth-order valence-corrected chi connectivity index (χ4v) is 2.97. The summed E-state index contributed by atoms with van der Waals surface area (Å²) in [5, 5.41) is 4.19. The molecule has 3 aromatic rings. The van der Waals surface area contributed by atoms with Crippen LogP contribution in [0.2, 0.25) is 0 Å². The van der Waals surface area contributed by atoms with Crippen molar-refractivity contribution in [1.29, 1.82) is 0 Å². The molecule has 0 unspecified atom stereocenters. The second kappa shape index (κ2) is 5.20. The highest BCUT2D eigenvalue weighted by molar-refractivity contribution is 5.74. The van der Waals surface area contributed by atoms with Crippen molar-refractivity contribution in [2.75, 3.05) is 18.0 Å². The Morgan fingerprint density at radius 3 is 3.10 bits per heavy atom. The molecule has 0 amide bonds. The molecule has 0 N–H and O–H groups in total. The van der Waals surface area contributed by atoms with Gasteiger partial charge in [0.2, 0.25) is 0 Å². The molecule has 6 heteroatoms. The lowest BCUT2D eigenvalue weighted by molar-refractivity contribution is 0.341. The minimum atomic E-state index is 0.551. The van der Waals surface area contributed by atoms with Crippen LogP contribution in [0.25, 0.3) is 11.1 Å². The molecule has 0 aliphatic carbocycles. The van der Waals surface area contributed by atoms with E-state index in [1.807, 2.05) is 28.9 Å². The van der Waals surface area contributed by atoms with Crippen LogP contribution in [-0.2, 0) is 6.54 Å². The molecule has 2 aromatic heterocycles. The predicted molar refractivity (Wildman–Crippen MR) is 79.0 cm³/mol. The third-order valence-electron chi connectivity index (χ3n) is 3.98. The van der Waals surface area contributed by atoms with E-state index in [1.165, 1.54) is 6.42 Å². The van der Waals surface area contributed by atoms with Gasteiger partial charge in [-0.2, -0.15) is 10.1 Å². The highest BCUT2D eigenvalue weighted by Gasteiger charge is 2.23. The maximum absolute atomic E-state index is 5.87. The lowest BCUT2D eigenvalue weighted by Gasteiger charge is -2.31. The van der Waals surface area contributed by atoms with Gasteiger partial charge < -0.3 is 9.32 Å². The molecular formula is C15H17N5O. The summed E-state index contributed by atoms with van der Waals surface area (Å²) >= 11 is 0. The summed E-state index contributed by atoms with van der Waals surface area (Å²) in [6, 6.07) is 8.64. The van der Waals surface area contributed by atoms with Gasteiger partial charge in [-0.05, 0) is 30.9 Å². The van der Waals surface area contributed by atoms with Gasteiger partial charge in [-0.3, -0.25) is 4.68 Å². The van der Waals surface area contributed by atoms with E-state index in [1.54, 1.807) is 12.7 Å². The van der Waals surface area contributed by atoms with Crippen molar-refractivity contribution in [3.8, 4) is 0 Å². The van der Waals surface area contributed by atoms with Crippen molar-refractivity contribution in [2.45, 2.75) is 19.4 Å². The molecule has 1 aliphatic heterocycles. The number of piperidine rings is 1. The third-order valence-corrected chi connectivity index (χ3v) is 3.98. The van der Waals surface area contributed by atoms with Crippen LogP contribution >= 0.6 is 0 Å². The average Bonchev–Trinajstić information content (AvgIpc) is 3.16. The van der Waals surface area contributed by atoms with E-state index in [0.717, 1.165) is 43.2 Å². The molecule has 0 bridgehead atoms. The Hall–Kier alpha value is -2.37. The zero-order valence-electron chi connectivity index (χ0n) is 11.7. The number of oxazole rings is 1. The highest BCUT2D eigenvalue weighted by Crippen LogP contribution is 2.26. The normalized spacial score (nSPS) is 19.2. The lowest BCUT2D eigenvalue weighted by Crippen LogP contribution is -2.37. The van der Waals surface area contributed by atoms with Gasteiger partial charge in [0, 0.05) is 19.6 Å². The fraction of sp³-hybridized carbons (Fsp3) is 0.400. The Balaban J connectivity index is 1.52. The molecule has 1 aliphatic rings. The topological polar surface area (TPSA) is 60.0 Å². The zero-order chi connectivity index (χ0) is 14.1. The molecule has 0 radical (unpaired) electrons. The average molecular weight is 283 g/mol. The summed E-state index contributed by atoms with van der Waals surface area (Å²) in [4.78, 5) is 10.8. The number of rotatable bonds is 3. The van der Waals surface area contributed by atoms with Crippen molar-refractivity contribution < 1.29 is 4.42 Å². The van der Waals surface area contributed by atoms with Gasteiger partial charge >= 0.3 is 0 Å². The fourth-order valence-electron chi connectivity index (χ4n) is 2.97. The summed E-state index contributed by atoms with van der Waals surface area (Å²) in [5.41, 5.74) is 1.77. The molecule has 4 rings (SSSR count). The van der Waals surface area contributed by atoms with Crippen LogP contribution in [0.4, 0.5) is 6.01 Å². The molecule has 6 nitrogen and oxygen atoms in total. The highest BCUT2D eigenvalue weighted by atomic mass is 16.4. The molecule has 3 heterocycles. The predicted octanol–water partition coefficient (Wildman–Crippen LogP) is 2.34. The summed E-state index contributed by atoms with van der Waals surface area (Å²) in [6.45, 7) is 2.85. The first-order valence-corrected chi connectivity index (χ1v) is 7.31. The van der Waals surface area contributed by atoms with Crippen LogP contribution in [0.3, 0.4) is 0 Å². The van der Waals surface area contributed by atoms with E-state index in [-0.39, 0.29) is 0 Å². The van der Waals surface area contributed by atoms with Crippen molar-refractivity contribution >= 4 is 17.1 Å². The van der Waals surface area contributed by atoms with Gasteiger partial charge in [0.15, 0.2) is 5.58 Å². The Labute approximate surface area is 122 Å². The Morgan fingerprint density at radius 1 is 1.29 bits per heavy atom. The Kier molecular flexibility index (Phi) is 3.06. The molecule has 0 saturated carbocycles. The van der Waals surface area contributed by atoms with E-state index in [0.29, 0.717) is 5.92 Å². The van der Waals surface area contributed by atoms with Gasteiger partial charge in [-0.1, -0.05) is 12.1 Å². The zero-order valence-corrected chi connectivity index (χ0v) is 11.7. The monoisotopic (exact) mass is 283 g/mol. The first kappa shape index (κ1) is 12.4. The smallest absolute Gasteiger partial charge is 0.298 e. The standard InChI is InChI=1S/C15H17N5O/c1-2-6-14-13(5-1)18-15(21-14)19-7-3-4-12(8-19)9-20-11-16-10-17-20/h1-2,5-6,10-12H,3-4,7-9H2/t12-/m1/s1. The first-order chi connectivity index (χ1) is 10.4. The van der Waals surface area contributed by atoms with Crippen molar-refractivity contribution in [3.63, 3.8) is 0 Å². The molecule has 1 fully saturated rings. The van der Waals surface area contributed by atoms with Gasteiger partial charge in [0.05, 0.1) is 0 Å². The van der Waals surface area contributed by atoms with Gasteiger partial charge in [-0.25, -0.2) is 4.98 Å². The van der Waals surface area contributed by atoms with Crippen LogP contribution < -0.4 is 4.90 Å². The molecule has 108 valence electrons. The largest absolute Gasteiger partial charge is 0.423 e. The van der Waals surface area contributed by atoms with Gasteiger partial charge in [-0.15, -0.1) is 0 Å². The number of hydrogen-bond acceptors (Lipinski definition) is 5. The number of nitrogens with zero attached hydrogens (tertiary/aromatic N) is 5. The van der Waals surface area contributed by atoms with Crippen molar-refractivity contribution in [1.82, 2.24) is 19.7 Å². The minimum absolute atomic E-state index is 0.551. The van der Waals surface area contributed by atoms with Gasteiger partial charge in [0.1, 0.15) is 18.2 Å². The van der Waals surface area contributed by atoms with Crippen molar-refractivity contribution in [3.05, 3.63) is 36.9 Å². The summed E-state index contributed by atoms with van der Waals surface area (Å²) in [7, 11) is 0. The van der Waals surface area contributed by atoms with Crippen LogP contribution in [0.1, 0.15) is 12.8 Å². The van der Waals surface area contributed by atoms with E-state index < -0.39 is 0 Å². The second-order valence-corrected chi connectivity index (χ2v) is 5.54. The third kappa shape index (κ3) is 2.49. The molecular weight excluding hydrogens is 266 g/mol. The number of aromatic nitrogens is 4. The van der Waals surface area contributed by atoms with E-state index in [9.17, 15) is 0 Å². The number of para-hydroxylation sites is 2. The number of hydrogen-bond donors (Lipinski definition) is 0. The molecule has 1 atom stereocenters. The quantitative estimate of drug-likeness (QED) is 0.738. The van der Waals surface area contributed by atoms with E-state index in [4.69, 9.17) is 4.42 Å². The first-order valence-electron chi connectivity index (χ1n) is 7.31. The molecule has 1 aromatic carbocycles. The maximum atomic E-state index is 5.87. The van der Waals surface area contributed by atoms with E-state index in [2.05, 4.69) is 20.0 Å². The van der Waals surface area contributed by atoms with E-state index >= 15 is 0 Å². The minimum Gasteiger partial charge on any atom is -0.423 e. The van der Waals surface area contributed by atoms with Crippen LogP contribution in [-0.4, -0.2) is 32.8 Å². The number of fused-ring (bicyclic) bond motifs is 1. The molecule has 1 saturated heterocycles.